The quantitative estimate of drug-likeness (QED) is 0.814. The second kappa shape index (κ2) is 6.53. The van der Waals surface area contributed by atoms with Crippen LogP contribution in [0.2, 0.25) is 0 Å². The Kier molecular flexibility index (Phi) is 4.75. The van der Waals surface area contributed by atoms with Crippen LogP contribution in [0, 0.1) is 0 Å². The van der Waals surface area contributed by atoms with Crippen LogP contribution >= 0.6 is 0 Å². The summed E-state index contributed by atoms with van der Waals surface area (Å²) in [5, 5.41) is 5.97. The molecule has 0 aromatic carbocycles. The van der Waals surface area contributed by atoms with Gasteiger partial charge in [0.15, 0.2) is 0 Å². The molecule has 110 valence electrons. The predicted octanol–water partition coefficient (Wildman–Crippen LogP) is 0.0831. The number of amides is 1. The second-order valence-electron chi connectivity index (χ2n) is 4.66. The predicted molar refractivity (Wildman–Crippen MR) is 76.4 cm³/mol. The van der Waals surface area contributed by atoms with Gasteiger partial charge in [-0.15, -0.1) is 0 Å². The lowest BCUT2D eigenvalue weighted by Crippen LogP contribution is -2.45. The van der Waals surface area contributed by atoms with Crippen molar-refractivity contribution in [2.75, 3.05) is 51.1 Å². The summed E-state index contributed by atoms with van der Waals surface area (Å²) in [6.07, 6.45) is 1.14. The van der Waals surface area contributed by atoms with Crippen LogP contribution in [0.25, 0.3) is 0 Å². The maximum Gasteiger partial charge on any atom is 0.255 e. The van der Waals surface area contributed by atoms with E-state index >= 15 is 0 Å². The van der Waals surface area contributed by atoms with E-state index in [0.717, 1.165) is 12.2 Å². The lowest BCUT2D eigenvalue weighted by atomic mass is 10.2. The molecule has 1 aliphatic rings. The summed E-state index contributed by atoms with van der Waals surface area (Å²) in [4.78, 5) is 18.2. The van der Waals surface area contributed by atoms with Gasteiger partial charge in [-0.2, -0.15) is 0 Å². The number of anilines is 2. The molecule has 1 aromatic heterocycles. The van der Waals surface area contributed by atoms with Gasteiger partial charge in [-0.1, -0.05) is 0 Å². The first kappa shape index (κ1) is 14.5. The third kappa shape index (κ3) is 3.17. The molecule has 7 nitrogen and oxygen atoms in total. The van der Waals surface area contributed by atoms with Gasteiger partial charge < -0.3 is 25.0 Å². The minimum absolute atomic E-state index is 0.202. The molecule has 2 rings (SSSR count). The molecule has 7 heteroatoms. The molecular formula is C13H20N4O3. The van der Waals surface area contributed by atoms with Gasteiger partial charge in [0.05, 0.1) is 19.4 Å². The monoisotopic (exact) mass is 280 g/mol. The Bertz CT molecular complexity index is 473. The average Bonchev–Trinajstić information content (AvgIpc) is 2.48. The number of pyridine rings is 1. The van der Waals surface area contributed by atoms with Crippen molar-refractivity contribution in [1.29, 1.82) is 0 Å². The van der Waals surface area contributed by atoms with Crippen LogP contribution in [0.4, 0.5) is 11.4 Å². The summed E-state index contributed by atoms with van der Waals surface area (Å²) in [6.45, 7) is 1.80. The number of methoxy groups -OCH3 is 1. The molecule has 1 fully saturated rings. The minimum atomic E-state index is -0.497. The van der Waals surface area contributed by atoms with Crippen molar-refractivity contribution in [2.45, 2.75) is 6.10 Å². The molecule has 0 saturated carbocycles. The van der Waals surface area contributed by atoms with E-state index < -0.39 is 6.10 Å². The van der Waals surface area contributed by atoms with Gasteiger partial charge in [0.1, 0.15) is 11.8 Å². The molecule has 0 radical (unpaired) electrons. The first-order valence-corrected chi connectivity index (χ1v) is 6.47. The van der Waals surface area contributed by atoms with Gasteiger partial charge in [0.2, 0.25) is 5.88 Å². The van der Waals surface area contributed by atoms with Crippen molar-refractivity contribution in [2.24, 2.45) is 0 Å². The third-order valence-electron chi connectivity index (χ3n) is 3.04. The maximum absolute atomic E-state index is 12.2. The highest BCUT2D eigenvalue weighted by atomic mass is 16.5. The SMILES string of the molecule is COc1nccc(N(C)C)c1NC(=O)C1CNCCO1. The van der Waals surface area contributed by atoms with E-state index in [1.165, 1.54) is 7.11 Å². The largest absolute Gasteiger partial charge is 0.479 e. The van der Waals surface area contributed by atoms with Gasteiger partial charge in [0, 0.05) is 33.4 Å². The number of carbonyl (C=O) groups excluding carboxylic acids is 1. The fourth-order valence-electron chi connectivity index (χ4n) is 2.02. The van der Waals surface area contributed by atoms with Crippen molar-refractivity contribution in [3.05, 3.63) is 12.3 Å². The topological polar surface area (TPSA) is 75.7 Å². The van der Waals surface area contributed by atoms with Gasteiger partial charge in [0.25, 0.3) is 5.91 Å². The molecule has 1 aromatic rings. The van der Waals surface area contributed by atoms with E-state index in [0.29, 0.717) is 24.7 Å². The zero-order chi connectivity index (χ0) is 14.5. The second-order valence-corrected chi connectivity index (χ2v) is 4.66. The average molecular weight is 280 g/mol. The normalized spacial score (nSPS) is 18.4. The molecule has 1 aliphatic heterocycles. The fraction of sp³-hybridized carbons (Fsp3) is 0.538. The lowest BCUT2D eigenvalue weighted by Gasteiger charge is -2.24. The first-order valence-electron chi connectivity index (χ1n) is 6.47. The number of hydrogen-bond donors (Lipinski definition) is 2. The highest BCUT2D eigenvalue weighted by Crippen LogP contribution is 2.32. The van der Waals surface area contributed by atoms with Crippen molar-refractivity contribution >= 4 is 17.3 Å². The maximum atomic E-state index is 12.2. The zero-order valence-electron chi connectivity index (χ0n) is 12.0. The number of hydrogen-bond acceptors (Lipinski definition) is 6. The van der Waals surface area contributed by atoms with Gasteiger partial charge in [-0.3, -0.25) is 4.79 Å². The Morgan fingerprint density at radius 3 is 3.00 bits per heavy atom. The Balaban J connectivity index is 2.20. The Hall–Kier alpha value is -1.86. The zero-order valence-corrected chi connectivity index (χ0v) is 12.0. The summed E-state index contributed by atoms with van der Waals surface area (Å²) in [5.74, 6) is 0.180. The standard InChI is InChI=1S/C13H20N4O3/c1-17(2)9-4-5-15-13(19-3)11(9)16-12(18)10-8-14-6-7-20-10/h4-5,10,14H,6-8H2,1-3H3,(H,16,18). The van der Waals surface area contributed by atoms with Gasteiger partial charge in [-0.25, -0.2) is 4.98 Å². The van der Waals surface area contributed by atoms with E-state index in [1.807, 2.05) is 25.1 Å². The first-order chi connectivity index (χ1) is 9.63. The van der Waals surface area contributed by atoms with Crippen LogP contribution in [0.3, 0.4) is 0 Å². The van der Waals surface area contributed by atoms with Crippen molar-refractivity contribution < 1.29 is 14.3 Å². The van der Waals surface area contributed by atoms with E-state index in [1.54, 1.807) is 6.20 Å². The van der Waals surface area contributed by atoms with E-state index in [-0.39, 0.29) is 5.91 Å². The van der Waals surface area contributed by atoms with Crippen LogP contribution in [-0.2, 0) is 9.53 Å². The third-order valence-corrected chi connectivity index (χ3v) is 3.04. The smallest absolute Gasteiger partial charge is 0.255 e. The van der Waals surface area contributed by atoms with Crippen LogP contribution in [-0.4, -0.2) is 57.9 Å². The van der Waals surface area contributed by atoms with Gasteiger partial charge in [-0.05, 0) is 6.07 Å². The number of carbonyl (C=O) groups is 1. The lowest BCUT2D eigenvalue weighted by molar-refractivity contribution is -0.128. The van der Waals surface area contributed by atoms with Crippen molar-refractivity contribution in [3.8, 4) is 5.88 Å². The summed E-state index contributed by atoms with van der Waals surface area (Å²) in [6, 6.07) is 1.82. The van der Waals surface area contributed by atoms with Crippen LogP contribution in [0.15, 0.2) is 12.3 Å². The van der Waals surface area contributed by atoms with E-state index in [9.17, 15) is 4.79 Å². The van der Waals surface area contributed by atoms with Crippen LogP contribution < -0.4 is 20.3 Å². The summed E-state index contributed by atoms with van der Waals surface area (Å²) in [5.41, 5.74) is 1.38. The highest BCUT2D eigenvalue weighted by molar-refractivity contribution is 5.98. The number of aromatic nitrogens is 1. The number of rotatable bonds is 4. The van der Waals surface area contributed by atoms with Crippen molar-refractivity contribution in [3.63, 3.8) is 0 Å². The summed E-state index contributed by atoms with van der Waals surface area (Å²) >= 11 is 0. The molecule has 1 atom stereocenters. The van der Waals surface area contributed by atoms with E-state index in [2.05, 4.69) is 15.6 Å². The highest BCUT2D eigenvalue weighted by Gasteiger charge is 2.24. The molecule has 2 N–H and O–H groups in total. The molecule has 0 bridgehead atoms. The van der Waals surface area contributed by atoms with Crippen LogP contribution in [0.5, 0.6) is 5.88 Å². The Morgan fingerprint density at radius 1 is 1.60 bits per heavy atom. The van der Waals surface area contributed by atoms with Crippen molar-refractivity contribution in [1.82, 2.24) is 10.3 Å². The molecule has 0 spiro atoms. The number of nitrogens with zero attached hydrogens (tertiary/aromatic N) is 2. The molecule has 1 unspecified atom stereocenters. The fourth-order valence-corrected chi connectivity index (χ4v) is 2.02. The molecule has 2 heterocycles. The molecule has 0 aliphatic carbocycles. The summed E-state index contributed by atoms with van der Waals surface area (Å²) < 4.78 is 10.7. The molecular weight excluding hydrogens is 260 g/mol. The summed E-state index contributed by atoms with van der Waals surface area (Å²) in [7, 11) is 5.31. The number of ether oxygens (including phenoxy) is 2. The Labute approximate surface area is 118 Å². The molecule has 1 amide bonds. The molecule has 20 heavy (non-hydrogen) atoms. The van der Waals surface area contributed by atoms with Crippen LogP contribution in [0.1, 0.15) is 0 Å². The van der Waals surface area contributed by atoms with E-state index in [4.69, 9.17) is 9.47 Å². The Morgan fingerprint density at radius 2 is 2.40 bits per heavy atom. The number of morpholine rings is 1. The van der Waals surface area contributed by atoms with Gasteiger partial charge >= 0.3 is 0 Å². The molecule has 1 saturated heterocycles. The minimum Gasteiger partial charge on any atom is -0.479 e. The number of nitrogens with one attached hydrogen (secondary N) is 2.